The van der Waals surface area contributed by atoms with Crippen LogP contribution in [0.4, 0.5) is 27.6 Å². The lowest BCUT2D eigenvalue weighted by molar-refractivity contribution is -0.150. The van der Waals surface area contributed by atoms with Crippen molar-refractivity contribution in [3.63, 3.8) is 0 Å². The zero-order valence-corrected chi connectivity index (χ0v) is 25.2. The number of carbonyl (C=O) groups excluding carboxylic acids is 1. The summed E-state index contributed by atoms with van der Waals surface area (Å²) in [5.41, 5.74) is -3.19. The van der Waals surface area contributed by atoms with E-state index in [1.54, 1.807) is 26.8 Å². The second kappa shape index (κ2) is 10.8. The van der Waals surface area contributed by atoms with Crippen LogP contribution in [0.25, 0.3) is 27.7 Å². The van der Waals surface area contributed by atoms with E-state index in [9.17, 15) is 14.7 Å². The maximum Gasteiger partial charge on any atom is 0.346 e. The van der Waals surface area contributed by atoms with E-state index in [0.29, 0.717) is 16.2 Å². The van der Waals surface area contributed by atoms with Crippen LogP contribution in [0.1, 0.15) is 37.9 Å². The van der Waals surface area contributed by atoms with Gasteiger partial charge in [0.15, 0.2) is 5.82 Å². The Morgan fingerprint density at radius 3 is 2.52 bits per heavy atom. The van der Waals surface area contributed by atoms with Gasteiger partial charge in [-0.2, -0.15) is 8.78 Å². The molecule has 0 saturated carbocycles. The normalized spacial score (nSPS) is 18.7. The summed E-state index contributed by atoms with van der Waals surface area (Å²) in [5.74, 6) is -6.46. The molecule has 2 aromatic heterocycles. The Kier molecular flexibility index (Phi) is 7.32. The molecule has 0 aliphatic carbocycles. The van der Waals surface area contributed by atoms with Gasteiger partial charge in [-0.3, -0.25) is 24.0 Å². The van der Waals surface area contributed by atoms with E-state index in [0.717, 1.165) is 46.7 Å². The van der Waals surface area contributed by atoms with Crippen molar-refractivity contribution in [3.05, 3.63) is 88.2 Å². The highest BCUT2D eigenvalue weighted by Gasteiger charge is 2.57. The largest absolute Gasteiger partial charge is 0.507 e. The number of alkyl halides is 2. The molecule has 2 unspecified atom stereocenters. The predicted molar refractivity (Wildman–Crippen MR) is 161 cm³/mol. The molecule has 2 aliphatic rings. The molecule has 0 bridgehead atoms. The van der Waals surface area contributed by atoms with Crippen LogP contribution < -0.4 is 15.2 Å². The van der Waals surface area contributed by atoms with Gasteiger partial charge >= 0.3 is 6.05 Å². The number of nitrogens with zero attached hydrogens (tertiary/aromatic N) is 4. The van der Waals surface area contributed by atoms with Gasteiger partial charge in [0.25, 0.3) is 5.56 Å². The number of phenols is 1. The van der Waals surface area contributed by atoms with Crippen LogP contribution in [0.15, 0.2) is 54.0 Å². The molecule has 1 N–H and O–H groups in total. The van der Waals surface area contributed by atoms with Gasteiger partial charge < -0.3 is 14.7 Å². The number of pyridine rings is 2. The molecule has 2 aliphatic heterocycles. The number of piperazine rings is 1. The molecule has 1 amide bonds. The molecular formula is C33H29F5N4O4. The van der Waals surface area contributed by atoms with E-state index in [1.165, 1.54) is 6.20 Å². The third kappa shape index (κ3) is 4.35. The highest BCUT2D eigenvalue weighted by atomic mass is 19.3. The zero-order chi connectivity index (χ0) is 33.4. The fourth-order valence-electron chi connectivity index (χ4n) is 6.43. The number of fused-ring (bicyclic) bond motifs is 5. The lowest BCUT2D eigenvalue weighted by atomic mass is 9.96. The highest BCUT2D eigenvalue weighted by Crippen LogP contribution is 2.49. The minimum absolute atomic E-state index is 0.108. The van der Waals surface area contributed by atoms with Crippen LogP contribution in [0.2, 0.25) is 0 Å². The quantitative estimate of drug-likeness (QED) is 0.163. The first-order chi connectivity index (χ1) is 21.7. The SMILES string of the molecule is C=CC(=O)N1CC2COc3c(c4cc(F)c(-c5c(O)cccc5F)c(F)c4n(-c4c(C)ccnc4C(C)C)c3=O)N2C(F)(F)C1C. The van der Waals surface area contributed by atoms with Crippen molar-refractivity contribution >= 4 is 22.5 Å². The molecule has 6 rings (SSSR count). The van der Waals surface area contributed by atoms with Crippen molar-refractivity contribution in [2.24, 2.45) is 0 Å². The summed E-state index contributed by atoms with van der Waals surface area (Å²) >= 11 is 0. The van der Waals surface area contributed by atoms with E-state index >= 15 is 22.0 Å². The summed E-state index contributed by atoms with van der Waals surface area (Å²) in [6.07, 6.45) is 2.40. The predicted octanol–water partition coefficient (Wildman–Crippen LogP) is 6.18. The monoisotopic (exact) mass is 640 g/mol. The molecule has 13 heteroatoms. The van der Waals surface area contributed by atoms with Crippen LogP contribution in [0.5, 0.6) is 11.5 Å². The smallest absolute Gasteiger partial charge is 0.346 e. The summed E-state index contributed by atoms with van der Waals surface area (Å²) in [4.78, 5) is 32.8. The Hall–Kier alpha value is -4.94. The number of amides is 1. The average molecular weight is 641 g/mol. The van der Waals surface area contributed by atoms with Gasteiger partial charge in [0.05, 0.1) is 39.8 Å². The molecule has 1 fully saturated rings. The lowest BCUT2D eigenvalue weighted by Crippen LogP contribution is -2.70. The number of halogens is 5. The second-order valence-electron chi connectivity index (χ2n) is 11.7. The van der Waals surface area contributed by atoms with Crippen molar-refractivity contribution in [2.75, 3.05) is 18.1 Å². The summed E-state index contributed by atoms with van der Waals surface area (Å²) in [7, 11) is 0. The summed E-state index contributed by atoms with van der Waals surface area (Å²) in [5, 5.41) is 10.0. The van der Waals surface area contributed by atoms with E-state index < -0.39 is 92.9 Å². The minimum atomic E-state index is -3.85. The number of aromatic nitrogens is 2. The van der Waals surface area contributed by atoms with Gasteiger partial charge in [-0.15, -0.1) is 0 Å². The third-order valence-corrected chi connectivity index (χ3v) is 8.63. The van der Waals surface area contributed by atoms with Gasteiger partial charge in [0.1, 0.15) is 30.0 Å². The summed E-state index contributed by atoms with van der Waals surface area (Å²) < 4.78 is 87.7. The fourth-order valence-corrected chi connectivity index (χ4v) is 6.43. The Morgan fingerprint density at radius 1 is 1.15 bits per heavy atom. The van der Waals surface area contributed by atoms with Crippen molar-refractivity contribution in [2.45, 2.75) is 51.7 Å². The number of aryl methyl sites for hydroxylation is 1. The third-order valence-electron chi connectivity index (χ3n) is 8.63. The first-order valence-electron chi connectivity index (χ1n) is 14.5. The van der Waals surface area contributed by atoms with Crippen LogP contribution in [0.3, 0.4) is 0 Å². The van der Waals surface area contributed by atoms with Gasteiger partial charge in [0, 0.05) is 18.1 Å². The maximum absolute atomic E-state index is 17.0. The van der Waals surface area contributed by atoms with E-state index in [-0.39, 0.29) is 18.2 Å². The molecular weight excluding hydrogens is 611 g/mol. The van der Waals surface area contributed by atoms with Gasteiger partial charge in [0.2, 0.25) is 11.7 Å². The number of hydrogen-bond donors (Lipinski definition) is 1. The van der Waals surface area contributed by atoms with Crippen molar-refractivity contribution in [1.82, 2.24) is 14.5 Å². The molecule has 2 aromatic carbocycles. The summed E-state index contributed by atoms with van der Waals surface area (Å²) in [6.45, 7) is 8.97. The van der Waals surface area contributed by atoms with Crippen LogP contribution in [-0.4, -0.2) is 56.7 Å². The average Bonchev–Trinajstić information content (AvgIpc) is 3.00. The first kappa shape index (κ1) is 31.1. The van der Waals surface area contributed by atoms with E-state index in [2.05, 4.69) is 11.6 Å². The summed E-state index contributed by atoms with van der Waals surface area (Å²) in [6, 6.07) is -1.46. The van der Waals surface area contributed by atoms with Crippen molar-refractivity contribution in [3.8, 4) is 28.3 Å². The molecule has 46 heavy (non-hydrogen) atoms. The topological polar surface area (TPSA) is 87.9 Å². The molecule has 1 saturated heterocycles. The Balaban J connectivity index is 1.79. The number of carbonyl (C=O) groups is 1. The number of ether oxygens (including phenoxy) is 1. The molecule has 8 nitrogen and oxygen atoms in total. The van der Waals surface area contributed by atoms with Gasteiger partial charge in [-0.1, -0.05) is 26.5 Å². The number of benzene rings is 2. The Bertz CT molecular complexity index is 1990. The molecule has 0 spiro atoms. The Labute approximate surface area is 259 Å². The highest BCUT2D eigenvalue weighted by molar-refractivity contribution is 6.00. The molecule has 4 aromatic rings. The zero-order valence-electron chi connectivity index (χ0n) is 25.2. The van der Waals surface area contributed by atoms with Crippen LogP contribution in [-0.2, 0) is 4.79 Å². The number of phenolic OH excluding ortho intramolecular Hbond substituents is 1. The number of anilines is 1. The van der Waals surface area contributed by atoms with Crippen LogP contribution in [0, 0.1) is 24.4 Å². The second-order valence-corrected chi connectivity index (χ2v) is 11.7. The van der Waals surface area contributed by atoms with E-state index in [1.807, 2.05) is 0 Å². The fraction of sp³-hybridized carbons (Fsp3) is 0.303. The Morgan fingerprint density at radius 2 is 1.87 bits per heavy atom. The number of aromatic hydroxyl groups is 1. The molecule has 0 radical (unpaired) electrons. The maximum atomic E-state index is 17.0. The lowest BCUT2D eigenvalue weighted by Gasteiger charge is -2.52. The molecule has 2 atom stereocenters. The first-order valence-corrected chi connectivity index (χ1v) is 14.5. The molecule has 240 valence electrons. The number of hydrogen-bond acceptors (Lipinski definition) is 6. The van der Waals surface area contributed by atoms with E-state index in [4.69, 9.17) is 4.74 Å². The van der Waals surface area contributed by atoms with Crippen LogP contribution >= 0.6 is 0 Å². The molecule has 4 heterocycles. The van der Waals surface area contributed by atoms with Crippen molar-refractivity contribution in [1.29, 1.82) is 0 Å². The minimum Gasteiger partial charge on any atom is -0.507 e. The van der Waals surface area contributed by atoms with Gasteiger partial charge in [-0.05, 0) is 55.7 Å². The van der Waals surface area contributed by atoms with Crippen molar-refractivity contribution < 1.29 is 36.6 Å². The standard InChI is InChI=1S/C33H29F5N4O4/c1-6-23(44)40-13-18-14-46-31-30(42(18)33(37,38)17(40)5)19-12-21(35)25(24-20(34)8-7-9-22(24)43)26(36)29(19)41(32(31)45)28-16(4)10-11-39-27(28)15(2)3/h6-12,15,17-18,43H,1,13-14H2,2-5H3. The van der Waals surface area contributed by atoms with Gasteiger partial charge in [-0.25, -0.2) is 13.2 Å². The number of rotatable bonds is 4.